The smallest absolute Gasteiger partial charge is 0.303 e. The van der Waals surface area contributed by atoms with E-state index in [0.29, 0.717) is 19.3 Å². The van der Waals surface area contributed by atoms with Crippen LogP contribution < -0.4 is 0 Å². The van der Waals surface area contributed by atoms with Gasteiger partial charge in [0, 0.05) is 23.0 Å². The molecule has 0 spiro atoms. The maximum Gasteiger partial charge on any atom is 0.303 e. The number of carbonyl (C=O) groups is 1. The van der Waals surface area contributed by atoms with Crippen LogP contribution in [0.4, 0.5) is 0 Å². The van der Waals surface area contributed by atoms with Gasteiger partial charge in [0.1, 0.15) is 17.3 Å². The molecule has 1 aliphatic carbocycles. The molecule has 1 saturated carbocycles. The fourth-order valence-electron chi connectivity index (χ4n) is 4.11. The van der Waals surface area contributed by atoms with E-state index in [0.717, 1.165) is 0 Å². The van der Waals surface area contributed by atoms with Crippen LogP contribution in [-0.4, -0.2) is 54.8 Å². The normalized spacial score (nSPS) is 46.5. The molecule has 2 fully saturated rings. The van der Waals surface area contributed by atoms with Gasteiger partial charge in [-0.25, -0.2) is 0 Å². The molecule has 7 heteroatoms. The maximum absolute atomic E-state index is 11.7. The van der Waals surface area contributed by atoms with Crippen molar-refractivity contribution in [2.24, 2.45) is 5.41 Å². The third-order valence-corrected chi connectivity index (χ3v) is 9.08. The summed E-state index contributed by atoms with van der Waals surface area (Å²) in [6.45, 7) is 11.1. The highest BCUT2D eigenvalue weighted by Gasteiger charge is 2.66. The quantitative estimate of drug-likeness (QED) is 0.463. The van der Waals surface area contributed by atoms with Gasteiger partial charge in [0.05, 0.1) is 11.7 Å². The minimum absolute atomic E-state index is 0.00314. The second-order valence-electron chi connectivity index (χ2n) is 8.92. The summed E-state index contributed by atoms with van der Waals surface area (Å²) < 4.78 is 11.9. The first-order valence-electron chi connectivity index (χ1n) is 8.72. The average molecular weight is 486 g/mol. The van der Waals surface area contributed by atoms with Crippen LogP contribution in [0.5, 0.6) is 0 Å². The fraction of sp³-hybridized carbons (Fsp3) is 0.944. The number of hydrogen-bond donors (Lipinski definition) is 2. The molecule has 1 aliphatic heterocycles. The average Bonchev–Trinajstić information content (AvgIpc) is 2.41. The summed E-state index contributed by atoms with van der Waals surface area (Å²) in [5, 5.41) is 22.5. The minimum atomic E-state index is -1.54. The van der Waals surface area contributed by atoms with Crippen LogP contribution in [0.15, 0.2) is 0 Å². The van der Waals surface area contributed by atoms with E-state index in [2.05, 4.69) is 45.7 Å². The Kier molecular flexibility index (Phi) is 5.81. The molecular weight excluding hydrogens is 456 g/mol. The molecule has 0 amide bonds. The Hall–Kier alpha value is 0.310. The van der Waals surface area contributed by atoms with Crippen molar-refractivity contribution >= 4 is 37.8 Å². The van der Waals surface area contributed by atoms with E-state index in [9.17, 15) is 15.0 Å². The summed E-state index contributed by atoms with van der Waals surface area (Å²) in [6, 6.07) is 0. The van der Waals surface area contributed by atoms with Crippen molar-refractivity contribution < 1.29 is 24.5 Å². The standard InChI is InChI=1S/C18H30Br2O5/c1-10(21)24-14-7-11(19)16(4,5)25-17(14,6)18(23)8-12(20)15(2,3)9-13(18)22/h11-14,22-23H,7-9H2,1-6H3. The van der Waals surface area contributed by atoms with Crippen molar-refractivity contribution in [3.8, 4) is 0 Å². The number of esters is 1. The van der Waals surface area contributed by atoms with E-state index < -0.39 is 35.0 Å². The van der Waals surface area contributed by atoms with E-state index in [1.807, 2.05) is 13.8 Å². The molecule has 2 N–H and O–H groups in total. The monoisotopic (exact) mass is 484 g/mol. The zero-order chi connectivity index (χ0) is 19.4. The highest BCUT2D eigenvalue weighted by molar-refractivity contribution is 9.09. The van der Waals surface area contributed by atoms with Crippen LogP contribution in [0.25, 0.3) is 0 Å². The predicted molar refractivity (Wildman–Crippen MR) is 103 cm³/mol. The Balaban J connectivity index is 2.47. The van der Waals surface area contributed by atoms with Crippen molar-refractivity contribution in [2.45, 2.75) is 99.5 Å². The van der Waals surface area contributed by atoms with E-state index in [4.69, 9.17) is 9.47 Å². The molecule has 0 bridgehead atoms. The zero-order valence-electron chi connectivity index (χ0n) is 15.8. The van der Waals surface area contributed by atoms with Gasteiger partial charge in [0.2, 0.25) is 0 Å². The number of rotatable bonds is 2. The van der Waals surface area contributed by atoms with Gasteiger partial charge < -0.3 is 19.7 Å². The third kappa shape index (κ3) is 3.68. The van der Waals surface area contributed by atoms with E-state index >= 15 is 0 Å². The Morgan fingerprint density at radius 2 is 1.68 bits per heavy atom. The minimum Gasteiger partial charge on any atom is -0.459 e. The van der Waals surface area contributed by atoms with Gasteiger partial charge >= 0.3 is 5.97 Å². The molecule has 146 valence electrons. The van der Waals surface area contributed by atoms with Gasteiger partial charge in [-0.05, 0) is 39.0 Å². The van der Waals surface area contributed by atoms with Gasteiger partial charge in [0.15, 0.2) is 0 Å². The first kappa shape index (κ1) is 21.6. The second-order valence-corrected chi connectivity index (χ2v) is 11.1. The van der Waals surface area contributed by atoms with Crippen LogP contribution in [0, 0.1) is 5.41 Å². The van der Waals surface area contributed by atoms with Crippen molar-refractivity contribution in [1.29, 1.82) is 0 Å². The van der Waals surface area contributed by atoms with Gasteiger partial charge in [-0.15, -0.1) is 0 Å². The Morgan fingerprint density at radius 1 is 1.12 bits per heavy atom. The first-order valence-corrected chi connectivity index (χ1v) is 10.5. The van der Waals surface area contributed by atoms with Crippen LogP contribution in [-0.2, 0) is 14.3 Å². The molecule has 5 nitrogen and oxygen atoms in total. The highest BCUT2D eigenvalue weighted by Crippen LogP contribution is 2.54. The second kappa shape index (κ2) is 6.73. The lowest BCUT2D eigenvalue weighted by Crippen LogP contribution is -2.74. The number of ether oxygens (including phenoxy) is 2. The van der Waals surface area contributed by atoms with Crippen molar-refractivity contribution in [3.05, 3.63) is 0 Å². The molecule has 2 aliphatic rings. The zero-order valence-corrected chi connectivity index (χ0v) is 19.0. The lowest BCUT2D eigenvalue weighted by atomic mass is 9.61. The number of alkyl halides is 2. The first-order chi connectivity index (χ1) is 11.2. The summed E-state index contributed by atoms with van der Waals surface area (Å²) in [5.41, 5.74) is -3.52. The van der Waals surface area contributed by atoms with Crippen molar-refractivity contribution in [2.75, 3.05) is 0 Å². The van der Waals surface area contributed by atoms with Gasteiger partial charge in [-0.3, -0.25) is 4.79 Å². The van der Waals surface area contributed by atoms with Crippen molar-refractivity contribution in [1.82, 2.24) is 0 Å². The number of aliphatic hydroxyl groups is 2. The number of hydrogen-bond acceptors (Lipinski definition) is 5. The maximum atomic E-state index is 11.7. The van der Waals surface area contributed by atoms with Crippen LogP contribution >= 0.6 is 31.9 Å². The molecule has 25 heavy (non-hydrogen) atoms. The van der Waals surface area contributed by atoms with E-state index in [-0.39, 0.29) is 15.1 Å². The lowest BCUT2D eigenvalue weighted by molar-refractivity contribution is -0.314. The fourth-order valence-corrected chi connectivity index (χ4v) is 5.23. The van der Waals surface area contributed by atoms with Gasteiger partial charge in [-0.1, -0.05) is 45.7 Å². The van der Waals surface area contributed by atoms with Crippen LogP contribution in [0.1, 0.15) is 60.8 Å². The van der Waals surface area contributed by atoms with E-state index in [1.54, 1.807) is 6.92 Å². The molecular formula is C18H30Br2O5. The summed E-state index contributed by atoms with van der Waals surface area (Å²) in [6.07, 6.45) is -0.430. The highest BCUT2D eigenvalue weighted by atomic mass is 79.9. The topological polar surface area (TPSA) is 76.0 Å². The predicted octanol–water partition coefficient (Wildman–Crippen LogP) is 3.31. The number of aliphatic hydroxyl groups excluding tert-OH is 1. The number of halogens is 2. The van der Waals surface area contributed by atoms with Crippen LogP contribution in [0.2, 0.25) is 0 Å². The Morgan fingerprint density at radius 3 is 2.20 bits per heavy atom. The Labute approximate surface area is 167 Å². The largest absolute Gasteiger partial charge is 0.459 e. The Bertz CT molecular complexity index is 538. The molecule has 6 unspecified atom stereocenters. The van der Waals surface area contributed by atoms with E-state index in [1.165, 1.54) is 6.92 Å². The van der Waals surface area contributed by atoms with Crippen molar-refractivity contribution in [3.63, 3.8) is 0 Å². The van der Waals surface area contributed by atoms with Gasteiger partial charge in [0.25, 0.3) is 0 Å². The molecule has 1 heterocycles. The molecule has 6 atom stereocenters. The molecule has 0 aromatic heterocycles. The molecule has 1 saturated heterocycles. The van der Waals surface area contributed by atoms with Crippen LogP contribution in [0.3, 0.4) is 0 Å². The SMILES string of the molecule is CC(=O)OC1CC(Br)C(C)(C)OC1(C)C1(O)CC(Br)C(C)(C)CC1O. The molecule has 0 radical (unpaired) electrons. The van der Waals surface area contributed by atoms with Gasteiger partial charge in [-0.2, -0.15) is 0 Å². The summed E-state index contributed by atoms with van der Waals surface area (Å²) in [5.74, 6) is -0.427. The molecule has 0 aromatic rings. The summed E-state index contributed by atoms with van der Waals surface area (Å²) >= 11 is 7.28. The number of carbonyl (C=O) groups excluding carboxylic acids is 1. The molecule has 2 rings (SSSR count). The third-order valence-electron chi connectivity index (χ3n) is 6.04. The molecule has 0 aromatic carbocycles. The lowest BCUT2D eigenvalue weighted by Gasteiger charge is -2.60. The summed E-state index contributed by atoms with van der Waals surface area (Å²) in [7, 11) is 0. The summed E-state index contributed by atoms with van der Waals surface area (Å²) in [4.78, 5) is 11.6.